The van der Waals surface area contributed by atoms with Gasteiger partial charge in [-0.05, 0) is 30.7 Å². The maximum atomic E-state index is 12.8. The van der Waals surface area contributed by atoms with Crippen molar-refractivity contribution in [1.29, 1.82) is 0 Å². The maximum Gasteiger partial charge on any atom is 0.273 e. The normalized spacial score (nSPS) is 14.0. The summed E-state index contributed by atoms with van der Waals surface area (Å²) in [5, 5.41) is 7.09. The van der Waals surface area contributed by atoms with Crippen molar-refractivity contribution < 1.29 is 9.53 Å². The van der Waals surface area contributed by atoms with Gasteiger partial charge in [0.05, 0.1) is 24.9 Å². The first-order chi connectivity index (χ1) is 16.7. The average Bonchev–Trinajstić information content (AvgIpc) is 3.29. The maximum absolute atomic E-state index is 12.8. The van der Waals surface area contributed by atoms with Gasteiger partial charge in [0, 0.05) is 19.3 Å². The summed E-state index contributed by atoms with van der Waals surface area (Å²) < 4.78 is 5.49. The number of morpholine rings is 1. The van der Waals surface area contributed by atoms with Crippen LogP contribution in [0, 0.1) is 6.92 Å². The fourth-order valence-corrected chi connectivity index (χ4v) is 3.71. The van der Waals surface area contributed by atoms with Crippen LogP contribution in [0.4, 0.5) is 17.6 Å². The van der Waals surface area contributed by atoms with E-state index in [4.69, 9.17) is 4.74 Å². The summed E-state index contributed by atoms with van der Waals surface area (Å²) >= 11 is 0. The molecule has 3 N–H and O–H groups in total. The number of carbonyl (C=O) groups is 1. The van der Waals surface area contributed by atoms with Crippen LogP contribution >= 0.6 is 0 Å². The van der Waals surface area contributed by atoms with Gasteiger partial charge >= 0.3 is 0 Å². The summed E-state index contributed by atoms with van der Waals surface area (Å²) in [5.41, 5.74) is 6.70. The molecule has 0 radical (unpaired) electrons. The minimum absolute atomic E-state index is 0.309. The highest BCUT2D eigenvalue weighted by Gasteiger charge is 2.21. The molecule has 10 heteroatoms. The molecule has 4 aromatic rings. The monoisotopic (exact) mass is 456 g/mol. The van der Waals surface area contributed by atoms with E-state index in [1.165, 1.54) is 0 Å². The summed E-state index contributed by atoms with van der Waals surface area (Å²) in [4.78, 5) is 31.5. The van der Waals surface area contributed by atoms with Crippen LogP contribution in [-0.4, -0.2) is 58.4 Å². The van der Waals surface area contributed by atoms with Gasteiger partial charge in [-0.15, -0.1) is 0 Å². The third-order valence-corrected chi connectivity index (χ3v) is 5.34. The van der Waals surface area contributed by atoms with E-state index in [9.17, 15) is 4.79 Å². The smallest absolute Gasteiger partial charge is 0.273 e. The van der Waals surface area contributed by atoms with E-state index in [2.05, 4.69) is 40.7 Å². The summed E-state index contributed by atoms with van der Waals surface area (Å²) in [6, 6.07) is 15.1. The van der Waals surface area contributed by atoms with Crippen LogP contribution < -0.4 is 15.6 Å². The van der Waals surface area contributed by atoms with Crippen LogP contribution in [0.15, 0.2) is 59.8 Å². The van der Waals surface area contributed by atoms with Gasteiger partial charge in [0.15, 0.2) is 5.82 Å². The highest BCUT2D eigenvalue weighted by molar-refractivity contribution is 6.06. The predicted molar refractivity (Wildman–Crippen MR) is 132 cm³/mol. The number of aryl methyl sites for hydroxylation is 1. The molecular weight excluding hydrogens is 432 g/mol. The molecule has 1 aliphatic heterocycles. The van der Waals surface area contributed by atoms with Crippen LogP contribution in [0.5, 0.6) is 0 Å². The largest absolute Gasteiger partial charge is 0.378 e. The Hall–Kier alpha value is -4.31. The van der Waals surface area contributed by atoms with E-state index in [0.29, 0.717) is 60.6 Å². The molecule has 1 fully saturated rings. The lowest BCUT2D eigenvalue weighted by Crippen LogP contribution is -2.37. The Bertz CT molecular complexity index is 1330. The van der Waals surface area contributed by atoms with Gasteiger partial charge in [-0.1, -0.05) is 35.9 Å². The number of aromatic amines is 1. The second-order valence-electron chi connectivity index (χ2n) is 7.87. The minimum atomic E-state index is -0.309. The summed E-state index contributed by atoms with van der Waals surface area (Å²) in [6.45, 7) is 4.62. The first kappa shape index (κ1) is 21.5. The number of benzene rings is 1. The van der Waals surface area contributed by atoms with E-state index >= 15 is 0 Å². The number of fused-ring (bicyclic) bond motifs is 1. The molecule has 172 valence electrons. The zero-order chi connectivity index (χ0) is 23.3. The lowest BCUT2D eigenvalue weighted by molar-refractivity contribution is 0.102. The zero-order valence-electron chi connectivity index (χ0n) is 18.7. The van der Waals surface area contributed by atoms with E-state index < -0.39 is 0 Å². The minimum Gasteiger partial charge on any atom is -0.378 e. The Morgan fingerprint density at radius 3 is 2.82 bits per heavy atom. The van der Waals surface area contributed by atoms with Crippen molar-refractivity contribution in [3.63, 3.8) is 0 Å². The number of hydrogen-bond donors (Lipinski definition) is 3. The van der Waals surface area contributed by atoms with Crippen LogP contribution in [0.25, 0.3) is 11.0 Å². The number of hydrogen-bond acceptors (Lipinski definition) is 8. The second kappa shape index (κ2) is 9.67. The highest BCUT2D eigenvalue weighted by Crippen LogP contribution is 2.27. The quantitative estimate of drug-likeness (QED) is 0.301. The molecule has 0 spiro atoms. The first-order valence-electron chi connectivity index (χ1n) is 11.0. The van der Waals surface area contributed by atoms with Crippen molar-refractivity contribution >= 4 is 40.7 Å². The SMILES string of the molecule is Cc1cccc(/C=N/Nc2nc(N3CCOCC3)c3[nH]c(C(=O)Nc4ccccn4)cc3n2)c1. The molecule has 1 amide bonds. The van der Waals surface area contributed by atoms with Gasteiger partial charge in [-0.25, -0.2) is 15.4 Å². The number of aromatic nitrogens is 4. The van der Waals surface area contributed by atoms with Crippen molar-refractivity contribution in [1.82, 2.24) is 19.9 Å². The fraction of sp³-hybridized carbons (Fsp3) is 0.208. The van der Waals surface area contributed by atoms with Crippen molar-refractivity contribution in [3.05, 3.63) is 71.5 Å². The number of rotatable bonds is 6. The van der Waals surface area contributed by atoms with Crippen molar-refractivity contribution in [2.24, 2.45) is 5.10 Å². The molecule has 4 heterocycles. The average molecular weight is 457 g/mol. The topological polar surface area (TPSA) is 120 Å². The van der Waals surface area contributed by atoms with E-state index in [1.807, 2.05) is 37.3 Å². The Morgan fingerprint density at radius 2 is 2.03 bits per heavy atom. The second-order valence-corrected chi connectivity index (χ2v) is 7.87. The Labute approximate surface area is 196 Å². The van der Waals surface area contributed by atoms with E-state index in [0.717, 1.165) is 11.1 Å². The van der Waals surface area contributed by atoms with Crippen molar-refractivity contribution in [3.8, 4) is 0 Å². The number of H-pyrrole nitrogens is 1. The first-order valence-corrected chi connectivity index (χ1v) is 11.0. The number of ether oxygens (including phenoxy) is 1. The summed E-state index contributed by atoms with van der Waals surface area (Å²) in [7, 11) is 0. The molecule has 0 saturated carbocycles. The van der Waals surface area contributed by atoms with E-state index in [-0.39, 0.29) is 5.91 Å². The van der Waals surface area contributed by atoms with Crippen LogP contribution in [0.2, 0.25) is 0 Å². The zero-order valence-corrected chi connectivity index (χ0v) is 18.7. The predicted octanol–water partition coefficient (Wildman–Crippen LogP) is 3.20. The molecule has 3 aromatic heterocycles. The molecule has 5 rings (SSSR count). The molecule has 0 bridgehead atoms. The Morgan fingerprint density at radius 1 is 1.15 bits per heavy atom. The lowest BCUT2D eigenvalue weighted by Gasteiger charge is -2.28. The summed E-state index contributed by atoms with van der Waals surface area (Å²) in [5.74, 6) is 1.20. The number of nitrogens with one attached hydrogen (secondary N) is 3. The van der Waals surface area contributed by atoms with Gasteiger partial charge in [0.1, 0.15) is 17.0 Å². The van der Waals surface area contributed by atoms with Crippen molar-refractivity contribution in [2.45, 2.75) is 6.92 Å². The van der Waals surface area contributed by atoms with Gasteiger partial charge in [0.25, 0.3) is 5.91 Å². The molecule has 1 aliphatic rings. The third-order valence-electron chi connectivity index (χ3n) is 5.34. The van der Waals surface area contributed by atoms with E-state index in [1.54, 1.807) is 30.6 Å². The van der Waals surface area contributed by atoms with Gasteiger partial charge in [0.2, 0.25) is 5.95 Å². The van der Waals surface area contributed by atoms with Crippen LogP contribution in [0.1, 0.15) is 21.6 Å². The number of hydrazone groups is 1. The Balaban J connectivity index is 1.45. The van der Waals surface area contributed by atoms with Gasteiger partial charge in [-0.2, -0.15) is 10.1 Å². The molecule has 34 heavy (non-hydrogen) atoms. The highest BCUT2D eigenvalue weighted by atomic mass is 16.5. The third kappa shape index (κ3) is 4.86. The standard InChI is InChI=1S/C24H24N8O2/c1-16-5-4-6-17(13-16)15-26-31-24-28-18-14-19(23(33)29-20-7-2-3-8-25-20)27-21(18)22(30-24)32-9-11-34-12-10-32/h2-8,13-15,27H,9-12H2,1H3,(H,25,29,33)(H,28,30,31)/b26-15+. The molecular formula is C24H24N8O2. The molecule has 0 aliphatic carbocycles. The van der Waals surface area contributed by atoms with Gasteiger partial charge < -0.3 is 19.9 Å². The fourth-order valence-electron chi connectivity index (χ4n) is 3.71. The Kier molecular flexibility index (Phi) is 6.13. The number of anilines is 3. The van der Waals surface area contributed by atoms with Crippen LogP contribution in [-0.2, 0) is 4.74 Å². The molecule has 0 unspecified atom stereocenters. The lowest BCUT2D eigenvalue weighted by atomic mass is 10.2. The summed E-state index contributed by atoms with van der Waals surface area (Å²) in [6.07, 6.45) is 3.34. The number of nitrogens with zero attached hydrogens (tertiary/aromatic N) is 5. The number of amides is 1. The molecule has 0 atom stereocenters. The molecule has 1 aromatic carbocycles. The van der Waals surface area contributed by atoms with Gasteiger partial charge in [-0.3, -0.25) is 4.79 Å². The van der Waals surface area contributed by atoms with Crippen molar-refractivity contribution in [2.75, 3.05) is 41.9 Å². The number of pyridine rings is 1. The molecule has 1 saturated heterocycles. The molecule has 10 nitrogen and oxygen atoms in total. The number of carbonyl (C=O) groups excluding carboxylic acids is 1. The van der Waals surface area contributed by atoms with Crippen LogP contribution in [0.3, 0.4) is 0 Å².